The van der Waals surface area contributed by atoms with Gasteiger partial charge in [-0.25, -0.2) is 4.79 Å². The number of amides is 1. The number of anilines is 3. The van der Waals surface area contributed by atoms with Crippen LogP contribution in [-0.2, 0) is 0 Å². The van der Waals surface area contributed by atoms with Crippen molar-refractivity contribution in [2.45, 2.75) is 0 Å². The zero-order valence-electron chi connectivity index (χ0n) is 6.24. The van der Waals surface area contributed by atoms with Crippen LogP contribution in [0.5, 0.6) is 0 Å². The molecule has 5 heteroatoms. The fraction of sp³-hybridized carbons (Fsp3) is 0. The summed E-state index contributed by atoms with van der Waals surface area (Å²) in [5.74, 6) is 0. The molecule has 0 fully saturated rings. The normalized spacial score (nSPS) is 9.33. The Balaban J connectivity index is 2.93. The van der Waals surface area contributed by atoms with Crippen LogP contribution in [0.4, 0.5) is 21.9 Å². The van der Waals surface area contributed by atoms with Gasteiger partial charge in [-0.3, -0.25) is 5.32 Å². The van der Waals surface area contributed by atoms with Gasteiger partial charge in [0.1, 0.15) is 0 Å². The summed E-state index contributed by atoms with van der Waals surface area (Å²) in [7, 11) is 0. The minimum absolute atomic E-state index is 0.375. The molecule has 1 rings (SSSR count). The molecule has 0 aliphatic rings. The van der Waals surface area contributed by atoms with Crippen molar-refractivity contribution < 1.29 is 9.90 Å². The quantitative estimate of drug-likeness (QED) is 0.467. The lowest BCUT2D eigenvalue weighted by Crippen LogP contribution is -2.07. The Morgan fingerprint density at radius 1 is 1.25 bits per heavy atom. The monoisotopic (exact) mass is 167 g/mol. The highest BCUT2D eigenvalue weighted by Gasteiger charge is 1.99. The van der Waals surface area contributed by atoms with Crippen LogP contribution in [0, 0.1) is 0 Å². The van der Waals surface area contributed by atoms with Gasteiger partial charge in [-0.2, -0.15) is 0 Å². The fourth-order valence-corrected chi connectivity index (χ4v) is 0.872. The molecule has 5 nitrogen and oxygen atoms in total. The molecule has 0 aliphatic carbocycles. The number of carbonyl (C=O) groups is 1. The van der Waals surface area contributed by atoms with E-state index in [9.17, 15) is 4.79 Å². The minimum Gasteiger partial charge on any atom is -0.465 e. The molecule has 0 saturated heterocycles. The largest absolute Gasteiger partial charge is 0.465 e. The molecule has 6 N–H and O–H groups in total. The van der Waals surface area contributed by atoms with Crippen molar-refractivity contribution in [1.82, 2.24) is 0 Å². The van der Waals surface area contributed by atoms with Crippen LogP contribution < -0.4 is 16.8 Å². The van der Waals surface area contributed by atoms with Gasteiger partial charge < -0.3 is 16.6 Å². The van der Waals surface area contributed by atoms with Crippen molar-refractivity contribution in [3.63, 3.8) is 0 Å². The number of nitrogen functional groups attached to an aromatic ring is 2. The molecular weight excluding hydrogens is 158 g/mol. The van der Waals surface area contributed by atoms with E-state index in [1.165, 1.54) is 12.1 Å². The third-order valence-corrected chi connectivity index (χ3v) is 1.23. The minimum atomic E-state index is -1.14. The molecule has 0 aliphatic heterocycles. The lowest BCUT2D eigenvalue weighted by molar-refractivity contribution is 0.210. The second kappa shape index (κ2) is 3.00. The molecule has 64 valence electrons. The van der Waals surface area contributed by atoms with Gasteiger partial charge in [0, 0.05) is 17.1 Å². The summed E-state index contributed by atoms with van der Waals surface area (Å²) in [4.78, 5) is 10.2. The maximum Gasteiger partial charge on any atom is 0.409 e. The SMILES string of the molecule is Nc1cc(N)cc(NC(=O)O)c1. The van der Waals surface area contributed by atoms with Gasteiger partial charge in [-0.15, -0.1) is 0 Å². The maximum absolute atomic E-state index is 10.2. The summed E-state index contributed by atoms with van der Waals surface area (Å²) in [6.07, 6.45) is -1.14. The molecule has 0 radical (unpaired) electrons. The van der Waals surface area contributed by atoms with Crippen molar-refractivity contribution in [2.75, 3.05) is 16.8 Å². The van der Waals surface area contributed by atoms with Crippen LogP contribution in [0.3, 0.4) is 0 Å². The molecule has 0 aromatic heterocycles. The van der Waals surface area contributed by atoms with E-state index in [1.54, 1.807) is 6.07 Å². The highest BCUT2D eigenvalue weighted by atomic mass is 16.4. The van der Waals surface area contributed by atoms with Gasteiger partial charge >= 0.3 is 6.09 Å². The van der Waals surface area contributed by atoms with Crippen LogP contribution in [-0.4, -0.2) is 11.2 Å². The Bertz CT molecular complexity index is 291. The Kier molecular flexibility index (Phi) is 2.05. The lowest BCUT2D eigenvalue weighted by atomic mass is 10.2. The van der Waals surface area contributed by atoms with E-state index in [1.807, 2.05) is 0 Å². The van der Waals surface area contributed by atoms with Crippen molar-refractivity contribution in [2.24, 2.45) is 0 Å². The third-order valence-electron chi connectivity index (χ3n) is 1.23. The summed E-state index contributed by atoms with van der Waals surface area (Å²) >= 11 is 0. The van der Waals surface area contributed by atoms with Gasteiger partial charge in [0.25, 0.3) is 0 Å². The first-order valence-electron chi connectivity index (χ1n) is 3.24. The van der Waals surface area contributed by atoms with E-state index in [4.69, 9.17) is 16.6 Å². The Labute approximate surface area is 69.0 Å². The molecule has 12 heavy (non-hydrogen) atoms. The van der Waals surface area contributed by atoms with Gasteiger partial charge in [0.15, 0.2) is 0 Å². The topological polar surface area (TPSA) is 101 Å². The second-order valence-corrected chi connectivity index (χ2v) is 2.32. The molecule has 1 amide bonds. The van der Waals surface area contributed by atoms with E-state index in [0.29, 0.717) is 17.1 Å². The maximum atomic E-state index is 10.2. The van der Waals surface area contributed by atoms with Gasteiger partial charge in [-0.05, 0) is 18.2 Å². The summed E-state index contributed by atoms with van der Waals surface area (Å²) in [5, 5.41) is 10.5. The number of rotatable bonds is 1. The highest BCUT2D eigenvalue weighted by Crippen LogP contribution is 2.17. The van der Waals surface area contributed by atoms with Crippen molar-refractivity contribution in [3.8, 4) is 0 Å². The Morgan fingerprint density at radius 2 is 1.75 bits per heavy atom. The third kappa shape index (κ3) is 2.05. The molecule has 0 atom stereocenters. The van der Waals surface area contributed by atoms with Crippen LogP contribution in [0.25, 0.3) is 0 Å². The summed E-state index contributed by atoms with van der Waals surface area (Å²) in [6.45, 7) is 0. The van der Waals surface area contributed by atoms with Gasteiger partial charge in [0.2, 0.25) is 0 Å². The van der Waals surface area contributed by atoms with E-state index >= 15 is 0 Å². The van der Waals surface area contributed by atoms with E-state index in [0.717, 1.165) is 0 Å². The van der Waals surface area contributed by atoms with Crippen LogP contribution >= 0.6 is 0 Å². The molecule has 0 spiro atoms. The summed E-state index contributed by atoms with van der Waals surface area (Å²) < 4.78 is 0. The molecule has 0 saturated carbocycles. The Hall–Kier alpha value is -1.91. The molecule has 0 bridgehead atoms. The first kappa shape index (κ1) is 8.19. The van der Waals surface area contributed by atoms with Gasteiger partial charge in [-0.1, -0.05) is 0 Å². The summed E-state index contributed by atoms with van der Waals surface area (Å²) in [6, 6.07) is 4.53. The average molecular weight is 167 g/mol. The zero-order valence-corrected chi connectivity index (χ0v) is 6.24. The number of hydrogen-bond donors (Lipinski definition) is 4. The van der Waals surface area contributed by atoms with Crippen LogP contribution in [0.15, 0.2) is 18.2 Å². The standard InChI is InChI=1S/C7H9N3O2/c8-4-1-5(9)3-6(2-4)10-7(11)12/h1-3,10H,8-9H2,(H,11,12). The molecule has 1 aromatic rings. The fourth-order valence-electron chi connectivity index (χ4n) is 0.872. The number of carboxylic acid groups (broad SMARTS) is 1. The van der Waals surface area contributed by atoms with E-state index in [2.05, 4.69) is 5.32 Å². The molecule has 0 heterocycles. The first-order valence-corrected chi connectivity index (χ1v) is 3.24. The Morgan fingerprint density at radius 3 is 2.17 bits per heavy atom. The lowest BCUT2D eigenvalue weighted by Gasteiger charge is -2.03. The number of nitrogens with two attached hydrogens (primary N) is 2. The smallest absolute Gasteiger partial charge is 0.409 e. The van der Waals surface area contributed by atoms with Gasteiger partial charge in [0.05, 0.1) is 0 Å². The van der Waals surface area contributed by atoms with Crippen LogP contribution in [0.1, 0.15) is 0 Å². The second-order valence-electron chi connectivity index (χ2n) is 2.32. The average Bonchev–Trinajstić information content (AvgIpc) is 1.81. The highest BCUT2D eigenvalue weighted by molar-refractivity contribution is 5.84. The predicted molar refractivity (Wildman–Crippen MR) is 46.9 cm³/mol. The molecular formula is C7H9N3O2. The first-order chi connectivity index (χ1) is 5.58. The van der Waals surface area contributed by atoms with Crippen molar-refractivity contribution in [1.29, 1.82) is 0 Å². The van der Waals surface area contributed by atoms with Crippen molar-refractivity contribution in [3.05, 3.63) is 18.2 Å². The molecule has 0 unspecified atom stereocenters. The number of nitrogens with one attached hydrogen (secondary N) is 1. The predicted octanol–water partition coefficient (Wildman–Crippen LogP) is 0.941. The van der Waals surface area contributed by atoms with E-state index < -0.39 is 6.09 Å². The zero-order chi connectivity index (χ0) is 9.14. The number of hydrogen-bond acceptors (Lipinski definition) is 3. The number of benzene rings is 1. The van der Waals surface area contributed by atoms with Crippen molar-refractivity contribution >= 4 is 23.2 Å². The van der Waals surface area contributed by atoms with Crippen LogP contribution in [0.2, 0.25) is 0 Å². The molecule has 1 aromatic carbocycles. The van der Waals surface area contributed by atoms with E-state index in [-0.39, 0.29) is 0 Å². The summed E-state index contributed by atoms with van der Waals surface area (Å²) in [5.41, 5.74) is 12.1.